The molecule has 0 aliphatic heterocycles. The number of rotatable bonds is 5. The van der Waals surface area contributed by atoms with Crippen molar-refractivity contribution in [2.45, 2.75) is 26.3 Å². The zero-order valence-corrected chi connectivity index (χ0v) is 10.4. The Morgan fingerprint density at radius 1 is 1.56 bits per heavy atom. The van der Waals surface area contributed by atoms with Crippen LogP contribution in [0.4, 0.5) is 5.69 Å². The van der Waals surface area contributed by atoms with Gasteiger partial charge in [-0.15, -0.1) is 0 Å². The van der Waals surface area contributed by atoms with E-state index in [1.807, 2.05) is 6.92 Å². The molecule has 0 aliphatic rings. The highest BCUT2D eigenvalue weighted by Crippen LogP contribution is 2.11. The molecule has 0 saturated carbocycles. The third-order valence-corrected chi connectivity index (χ3v) is 2.82. The summed E-state index contributed by atoms with van der Waals surface area (Å²) in [6.45, 7) is 3.63. The van der Waals surface area contributed by atoms with Crippen molar-refractivity contribution in [2.75, 3.05) is 5.73 Å². The summed E-state index contributed by atoms with van der Waals surface area (Å²) in [6.07, 6.45) is 2.08. The second-order valence-corrected chi connectivity index (χ2v) is 4.12. The standard InChI is InChI=1S/C12H17N3O3/c1-3-7(2)9(12(17)18)15-11(16)10-8(13)5-4-6-14-10/h4-7,9H,3,13H2,1-2H3,(H,15,16)(H,17,18)/t7?,9-/m0/s1. The molecule has 18 heavy (non-hydrogen) atoms. The number of carbonyl (C=O) groups excluding carboxylic acids is 1. The fourth-order valence-electron chi connectivity index (χ4n) is 1.50. The van der Waals surface area contributed by atoms with Gasteiger partial charge in [-0.05, 0) is 18.1 Å². The predicted molar refractivity (Wildman–Crippen MR) is 67.0 cm³/mol. The van der Waals surface area contributed by atoms with E-state index in [4.69, 9.17) is 10.8 Å². The maximum atomic E-state index is 11.9. The van der Waals surface area contributed by atoms with E-state index < -0.39 is 17.9 Å². The van der Waals surface area contributed by atoms with Gasteiger partial charge in [0.2, 0.25) is 0 Å². The highest BCUT2D eigenvalue weighted by atomic mass is 16.4. The number of anilines is 1. The average Bonchev–Trinajstić information content (AvgIpc) is 2.35. The van der Waals surface area contributed by atoms with Crippen LogP contribution >= 0.6 is 0 Å². The number of carboxylic acids is 1. The number of aliphatic carboxylic acids is 1. The Kier molecular flexibility index (Phi) is 4.65. The lowest BCUT2D eigenvalue weighted by molar-refractivity contribution is -0.140. The van der Waals surface area contributed by atoms with Gasteiger partial charge in [0.05, 0.1) is 5.69 Å². The number of nitrogens with two attached hydrogens (primary N) is 1. The molecular formula is C12H17N3O3. The van der Waals surface area contributed by atoms with Crippen LogP contribution in [0.15, 0.2) is 18.3 Å². The molecule has 1 rings (SSSR count). The molecule has 0 aliphatic carbocycles. The lowest BCUT2D eigenvalue weighted by atomic mass is 9.99. The lowest BCUT2D eigenvalue weighted by Gasteiger charge is -2.20. The van der Waals surface area contributed by atoms with Crippen molar-refractivity contribution in [3.8, 4) is 0 Å². The fourth-order valence-corrected chi connectivity index (χ4v) is 1.50. The van der Waals surface area contributed by atoms with Crippen LogP contribution < -0.4 is 11.1 Å². The first-order valence-electron chi connectivity index (χ1n) is 5.71. The minimum absolute atomic E-state index is 0.0482. The number of aromatic nitrogens is 1. The van der Waals surface area contributed by atoms with Gasteiger partial charge in [-0.1, -0.05) is 20.3 Å². The fraction of sp³-hybridized carbons (Fsp3) is 0.417. The van der Waals surface area contributed by atoms with Crippen molar-refractivity contribution in [1.29, 1.82) is 0 Å². The monoisotopic (exact) mass is 251 g/mol. The van der Waals surface area contributed by atoms with Crippen molar-refractivity contribution < 1.29 is 14.7 Å². The maximum Gasteiger partial charge on any atom is 0.326 e. The zero-order chi connectivity index (χ0) is 13.7. The number of pyridine rings is 1. The van der Waals surface area contributed by atoms with E-state index in [0.29, 0.717) is 6.42 Å². The smallest absolute Gasteiger partial charge is 0.326 e. The van der Waals surface area contributed by atoms with Crippen LogP contribution in [0, 0.1) is 5.92 Å². The SMILES string of the molecule is CCC(C)[C@H](NC(=O)c1ncccc1N)C(=O)O. The van der Waals surface area contributed by atoms with Gasteiger partial charge >= 0.3 is 5.97 Å². The molecule has 2 atom stereocenters. The molecule has 6 nitrogen and oxygen atoms in total. The molecule has 0 saturated heterocycles. The summed E-state index contributed by atoms with van der Waals surface area (Å²) in [4.78, 5) is 26.8. The van der Waals surface area contributed by atoms with Crippen LogP contribution in [-0.2, 0) is 4.79 Å². The molecule has 0 spiro atoms. The van der Waals surface area contributed by atoms with Crippen molar-refractivity contribution >= 4 is 17.6 Å². The first-order valence-corrected chi connectivity index (χ1v) is 5.71. The number of carbonyl (C=O) groups is 2. The second-order valence-electron chi connectivity index (χ2n) is 4.12. The van der Waals surface area contributed by atoms with E-state index >= 15 is 0 Å². The molecule has 1 heterocycles. The first kappa shape index (κ1) is 14.0. The van der Waals surface area contributed by atoms with Gasteiger partial charge < -0.3 is 16.2 Å². The van der Waals surface area contributed by atoms with Gasteiger partial charge in [0.1, 0.15) is 6.04 Å². The van der Waals surface area contributed by atoms with Crippen LogP contribution in [-0.4, -0.2) is 28.0 Å². The van der Waals surface area contributed by atoms with E-state index in [9.17, 15) is 9.59 Å². The molecule has 4 N–H and O–H groups in total. The quantitative estimate of drug-likeness (QED) is 0.720. The summed E-state index contributed by atoms with van der Waals surface area (Å²) >= 11 is 0. The molecule has 1 aromatic rings. The largest absolute Gasteiger partial charge is 0.480 e. The van der Waals surface area contributed by atoms with Gasteiger partial charge in [0, 0.05) is 6.20 Å². The zero-order valence-electron chi connectivity index (χ0n) is 10.4. The number of carboxylic acid groups (broad SMARTS) is 1. The van der Waals surface area contributed by atoms with Crippen molar-refractivity contribution in [2.24, 2.45) is 5.92 Å². The molecular weight excluding hydrogens is 234 g/mol. The number of nitrogens with one attached hydrogen (secondary N) is 1. The average molecular weight is 251 g/mol. The highest BCUT2D eigenvalue weighted by Gasteiger charge is 2.26. The van der Waals surface area contributed by atoms with Gasteiger partial charge in [0.15, 0.2) is 5.69 Å². The Morgan fingerprint density at radius 2 is 2.22 bits per heavy atom. The maximum absolute atomic E-state index is 11.9. The van der Waals surface area contributed by atoms with Gasteiger partial charge in [-0.2, -0.15) is 0 Å². The third kappa shape index (κ3) is 3.19. The number of hydrogen-bond acceptors (Lipinski definition) is 4. The molecule has 1 aromatic heterocycles. The van der Waals surface area contributed by atoms with E-state index in [1.54, 1.807) is 19.1 Å². The molecule has 98 valence electrons. The molecule has 6 heteroatoms. The lowest BCUT2D eigenvalue weighted by Crippen LogP contribution is -2.45. The van der Waals surface area contributed by atoms with E-state index in [-0.39, 0.29) is 17.3 Å². The topological polar surface area (TPSA) is 105 Å². The number of amides is 1. The molecule has 0 fully saturated rings. The Labute approximate surface area is 105 Å². The summed E-state index contributed by atoms with van der Waals surface area (Å²) in [5.41, 5.74) is 5.88. The predicted octanol–water partition coefficient (Wildman–Crippen LogP) is 0.893. The van der Waals surface area contributed by atoms with Crippen molar-refractivity contribution in [1.82, 2.24) is 10.3 Å². The Bertz CT molecular complexity index is 448. The number of nitrogen functional groups attached to an aromatic ring is 1. The molecule has 0 bridgehead atoms. The Morgan fingerprint density at radius 3 is 2.72 bits per heavy atom. The van der Waals surface area contributed by atoms with Crippen LogP contribution in [0.3, 0.4) is 0 Å². The summed E-state index contributed by atoms with van der Waals surface area (Å²) in [5, 5.41) is 11.5. The Hall–Kier alpha value is -2.11. The van der Waals surface area contributed by atoms with Crippen LogP contribution in [0.1, 0.15) is 30.8 Å². The Balaban J connectivity index is 2.86. The minimum atomic E-state index is -1.06. The first-order chi connectivity index (χ1) is 8.47. The number of nitrogens with zero attached hydrogens (tertiary/aromatic N) is 1. The third-order valence-electron chi connectivity index (χ3n) is 2.82. The van der Waals surface area contributed by atoms with Crippen LogP contribution in [0.25, 0.3) is 0 Å². The van der Waals surface area contributed by atoms with Gasteiger partial charge in [0.25, 0.3) is 5.91 Å². The van der Waals surface area contributed by atoms with E-state index in [2.05, 4.69) is 10.3 Å². The van der Waals surface area contributed by atoms with Gasteiger partial charge in [-0.3, -0.25) is 4.79 Å². The number of hydrogen-bond donors (Lipinski definition) is 3. The highest BCUT2D eigenvalue weighted by molar-refractivity contribution is 5.99. The van der Waals surface area contributed by atoms with E-state index in [1.165, 1.54) is 6.20 Å². The molecule has 1 unspecified atom stereocenters. The van der Waals surface area contributed by atoms with Crippen LogP contribution in [0.2, 0.25) is 0 Å². The summed E-state index contributed by atoms with van der Waals surface area (Å²) in [6, 6.07) is 2.21. The van der Waals surface area contributed by atoms with Crippen molar-refractivity contribution in [3.63, 3.8) is 0 Å². The summed E-state index contributed by atoms with van der Waals surface area (Å²) in [5.74, 6) is -1.80. The van der Waals surface area contributed by atoms with Crippen LogP contribution in [0.5, 0.6) is 0 Å². The molecule has 1 amide bonds. The summed E-state index contributed by atoms with van der Waals surface area (Å²) in [7, 11) is 0. The van der Waals surface area contributed by atoms with E-state index in [0.717, 1.165) is 0 Å². The normalized spacial score (nSPS) is 13.7. The minimum Gasteiger partial charge on any atom is -0.480 e. The molecule has 0 radical (unpaired) electrons. The second kappa shape index (κ2) is 6.00. The molecule has 0 aromatic carbocycles. The van der Waals surface area contributed by atoms with Crippen molar-refractivity contribution in [3.05, 3.63) is 24.0 Å². The van der Waals surface area contributed by atoms with Gasteiger partial charge in [-0.25, -0.2) is 9.78 Å². The summed E-state index contributed by atoms with van der Waals surface area (Å²) < 4.78 is 0.